The van der Waals surface area contributed by atoms with Crippen LogP contribution in [0.15, 0.2) is 54.0 Å². The number of pyridine rings is 1. The van der Waals surface area contributed by atoms with E-state index in [1.807, 2.05) is 0 Å². The van der Waals surface area contributed by atoms with Gasteiger partial charge in [0.1, 0.15) is 22.1 Å². The summed E-state index contributed by atoms with van der Waals surface area (Å²) in [6.07, 6.45) is -7.34. The summed E-state index contributed by atoms with van der Waals surface area (Å²) in [6, 6.07) is 8.18. The summed E-state index contributed by atoms with van der Waals surface area (Å²) in [5.74, 6) is -2.57. The molecule has 0 spiro atoms. The largest absolute Gasteiger partial charge is 0.493 e. The molecular weight excluding hydrogens is 768 g/mol. The van der Waals surface area contributed by atoms with Crippen molar-refractivity contribution in [2.45, 2.75) is 102 Å². The van der Waals surface area contributed by atoms with Gasteiger partial charge >= 0.3 is 18.3 Å². The highest BCUT2D eigenvalue weighted by molar-refractivity contribution is 7.10. The zero-order chi connectivity index (χ0) is 41.1. The van der Waals surface area contributed by atoms with E-state index >= 15 is 0 Å². The summed E-state index contributed by atoms with van der Waals surface area (Å²) in [7, 11) is 0. The summed E-state index contributed by atoms with van der Waals surface area (Å²) in [4.78, 5) is 45.8. The molecule has 5 rings (SSSR count). The highest BCUT2D eigenvalue weighted by Crippen LogP contribution is 2.44. The van der Waals surface area contributed by atoms with Crippen LogP contribution in [0.4, 0.5) is 26.3 Å². The Kier molecular flexibility index (Phi) is 12.7. The van der Waals surface area contributed by atoms with Gasteiger partial charge in [-0.3, -0.25) is 19.4 Å². The van der Waals surface area contributed by atoms with E-state index in [4.69, 9.17) is 9.47 Å². The van der Waals surface area contributed by atoms with Crippen LogP contribution < -0.4 is 9.47 Å². The number of alkyl halides is 6. The first kappa shape index (κ1) is 42.8. The molecule has 0 bridgehead atoms. The Morgan fingerprint density at radius 3 is 2.30 bits per heavy atom. The maximum Gasteiger partial charge on any atom is 0.425 e. The molecule has 3 aromatic rings. The zero-order valence-corrected chi connectivity index (χ0v) is 32.0. The molecule has 2 aromatic heterocycles. The van der Waals surface area contributed by atoms with Gasteiger partial charge in [-0.2, -0.15) is 26.3 Å². The molecular formula is C39H45F6N3O7S. The number of aliphatic carboxylic acids is 1. The number of carbonyl (C=O) groups excluding carboxylic acids is 2. The summed E-state index contributed by atoms with van der Waals surface area (Å²) in [5, 5.41) is 22.5. The number of hydrogen-bond donors (Lipinski definition) is 2. The lowest BCUT2D eigenvalue weighted by atomic mass is 9.78. The van der Waals surface area contributed by atoms with Crippen LogP contribution in [0.5, 0.6) is 11.5 Å². The average Bonchev–Trinajstić information content (AvgIpc) is 3.63. The number of carbonyl (C=O) groups is 3. The van der Waals surface area contributed by atoms with Crippen LogP contribution in [0.1, 0.15) is 98.6 Å². The summed E-state index contributed by atoms with van der Waals surface area (Å²) in [6.45, 7) is 5.03. The van der Waals surface area contributed by atoms with Crippen LogP contribution in [0.25, 0.3) is 0 Å². The number of para-hydroxylation sites is 1. The van der Waals surface area contributed by atoms with E-state index in [-0.39, 0.29) is 64.1 Å². The number of carboxylic acid groups (broad SMARTS) is 1. The lowest BCUT2D eigenvalue weighted by Gasteiger charge is -2.51. The van der Waals surface area contributed by atoms with E-state index in [1.54, 1.807) is 45.0 Å². The fourth-order valence-corrected chi connectivity index (χ4v) is 8.15. The molecule has 2 aliphatic heterocycles. The summed E-state index contributed by atoms with van der Waals surface area (Å²) >= 11 is 0.361. The topological polar surface area (TPSA) is 130 Å². The Morgan fingerprint density at radius 2 is 1.68 bits per heavy atom. The SMILES string of the molecule is CCCC1N(C(=O)c2ncccc2C(F)(F)F)CCCC1(Oc1csc(C(F)(F)F)c1)C(=O)N1CCC(O)(c2ccccc2OCCCC(C)(C)C(=O)O)CC1. The van der Waals surface area contributed by atoms with Crippen molar-refractivity contribution in [2.24, 2.45) is 5.41 Å². The van der Waals surface area contributed by atoms with E-state index in [2.05, 4.69) is 4.98 Å². The monoisotopic (exact) mass is 813 g/mol. The smallest absolute Gasteiger partial charge is 0.425 e. The van der Waals surface area contributed by atoms with Crippen molar-refractivity contribution < 1.29 is 60.4 Å². The number of nitrogens with zero attached hydrogens (tertiary/aromatic N) is 3. The maximum absolute atomic E-state index is 14.9. The Balaban J connectivity index is 1.44. The first-order chi connectivity index (χ1) is 26.2. The highest BCUT2D eigenvalue weighted by atomic mass is 32.1. The molecule has 1 aromatic carbocycles. The van der Waals surface area contributed by atoms with Crippen LogP contribution in [-0.2, 0) is 27.5 Å². The molecule has 17 heteroatoms. The van der Waals surface area contributed by atoms with Crippen molar-refractivity contribution in [1.29, 1.82) is 0 Å². The number of benzene rings is 1. The third kappa shape index (κ3) is 9.09. The van der Waals surface area contributed by atoms with Crippen molar-refractivity contribution >= 4 is 29.1 Å². The molecule has 2 amide bonds. The molecule has 2 N–H and O–H groups in total. The predicted molar refractivity (Wildman–Crippen MR) is 193 cm³/mol. The standard InChI is InChI=1S/C39H45F6N3O7S/c1-4-10-29-37(55-25-23-30(56-24-25)39(43,44)45,15-8-19-48(29)32(49)31-27(38(40,41)42)12-7-18-46-31)33(50)47-20-16-36(53,17-21-47)26-11-5-6-13-28(26)54-22-9-14-35(2,3)34(51)52/h5-7,11-13,18,23-24,29,53H,4,8-10,14-17,19-22H2,1-3H3,(H,51,52). The first-order valence-electron chi connectivity index (χ1n) is 18.4. The predicted octanol–water partition coefficient (Wildman–Crippen LogP) is 8.18. The summed E-state index contributed by atoms with van der Waals surface area (Å²) < 4.78 is 95.6. The number of carboxylic acids is 1. The minimum absolute atomic E-state index is 0.0158. The second-order valence-electron chi connectivity index (χ2n) is 14.9. The van der Waals surface area contributed by atoms with Crippen molar-refractivity contribution in [2.75, 3.05) is 26.2 Å². The lowest BCUT2D eigenvalue weighted by Crippen LogP contribution is -2.68. The van der Waals surface area contributed by atoms with Crippen LogP contribution in [0.3, 0.4) is 0 Å². The number of hydrogen-bond acceptors (Lipinski definition) is 8. The molecule has 56 heavy (non-hydrogen) atoms. The van der Waals surface area contributed by atoms with Gasteiger partial charge in [-0.1, -0.05) is 31.5 Å². The van der Waals surface area contributed by atoms with E-state index in [0.29, 0.717) is 41.9 Å². The van der Waals surface area contributed by atoms with E-state index in [0.717, 1.165) is 34.7 Å². The molecule has 2 aliphatic rings. The van der Waals surface area contributed by atoms with Crippen molar-refractivity contribution in [3.8, 4) is 11.5 Å². The highest BCUT2D eigenvalue weighted by Gasteiger charge is 2.57. The van der Waals surface area contributed by atoms with Crippen LogP contribution in [0, 0.1) is 5.41 Å². The van der Waals surface area contributed by atoms with E-state index in [1.165, 1.54) is 4.90 Å². The van der Waals surface area contributed by atoms with Gasteiger partial charge in [0.15, 0.2) is 0 Å². The number of rotatable bonds is 13. The second kappa shape index (κ2) is 16.6. The van der Waals surface area contributed by atoms with Crippen LogP contribution in [0.2, 0.25) is 0 Å². The molecule has 2 unspecified atom stereocenters. The fraction of sp³-hybridized carbons (Fsp3) is 0.538. The molecule has 4 heterocycles. The second-order valence-corrected chi connectivity index (χ2v) is 15.8. The fourth-order valence-electron chi connectivity index (χ4n) is 7.47. The van der Waals surface area contributed by atoms with Crippen molar-refractivity contribution in [3.63, 3.8) is 0 Å². The lowest BCUT2D eigenvalue weighted by molar-refractivity contribution is -0.163. The number of likely N-dealkylation sites (tertiary alicyclic amines) is 2. The van der Waals surface area contributed by atoms with E-state index < -0.39 is 68.9 Å². The number of aliphatic hydroxyl groups is 1. The zero-order valence-electron chi connectivity index (χ0n) is 31.2. The van der Waals surface area contributed by atoms with E-state index in [9.17, 15) is 50.9 Å². The van der Waals surface area contributed by atoms with Gasteiger partial charge in [0.25, 0.3) is 11.8 Å². The number of halogens is 6. The number of aromatic nitrogens is 1. The summed E-state index contributed by atoms with van der Waals surface area (Å²) in [5.41, 5.74) is -6.09. The first-order valence-corrected chi connectivity index (χ1v) is 19.3. The van der Waals surface area contributed by atoms with Gasteiger partial charge in [0.2, 0.25) is 5.60 Å². The number of amides is 2. The van der Waals surface area contributed by atoms with Crippen LogP contribution in [-0.4, -0.2) is 80.7 Å². The van der Waals surface area contributed by atoms with Gasteiger partial charge in [-0.25, -0.2) is 0 Å². The number of piperidine rings is 2. The maximum atomic E-state index is 14.9. The van der Waals surface area contributed by atoms with Crippen molar-refractivity contribution in [3.05, 3.63) is 75.7 Å². The third-order valence-electron chi connectivity index (χ3n) is 10.6. The molecule has 0 saturated carbocycles. The Morgan fingerprint density at radius 1 is 0.982 bits per heavy atom. The molecule has 0 aliphatic carbocycles. The number of ether oxygens (including phenoxy) is 2. The third-order valence-corrected chi connectivity index (χ3v) is 11.5. The van der Waals surface area contributed by atoms with Gasteiger partial charge in [-0.15, -0.1) is 11.3 Å². The Hall–Kier alpha value is -4.38. The van der Waals surface area contributed by atoms with Gasteiger partial charge < -0.3 is 29.5 Å². The minimum Gasteiger partial charge on any atom is -0.493 e. The Labute approximate surface area is 324 Å². The molecule has 2 atom stereocenters. The molecule has 2 saturated heterocycles. The molecule has 306 valence electrons. The van der Waals surface area contributed by atoms with Gasteiger partial charge in [0, 0.05) is 49.3 Å². The minimum atomic E-state index is -4.92. The number of thiophene rings is 1. The molecule has 10 nitrogen and oxygen atoms in total. The van der Waals surface area contributed by atoms with Gasteiger partial charge in [-0.05, 0) is 70.6 Å². The molecule has 2 fully saturated rings. The average molecular weight is 814 g/mol. The van der Waals surface area contributed by atoms with Gasteiger partial charge in [0.05, 0.1) is 29.2 Å². The van der Waals surface area contributed by atoms with Crippen molar-refractivity contribution in [1.82, 2.24) is 14.8 Å². The normalized spacial score (nSPS) is 20.4. The Bertz CT molecular complexity index is 1880. The molecule has 0 radical (unpaired) electrons. The quantitative estimate of drug-likeness (QED) is 0.131. The van der Waals surface area contributed by atoms with Crippen LogP contribution >= 0.6 is 11.3 Å².